The van der Waals surface area contributed by atoms with Crippen LogP contribution in [0.5, 0.6) is 0 Å². The van der Waals surface area contributed by atoms with E-state index in [1.807, 2.05) is 0 Å². The summed E-state index contributed by atoms with van der Waals surface area (Å²) in [5.41, 5.74) is 6.36. The van der Waals surface area contributed by atoms with E-state index < -0.39 is 11.6 Å². The highest BCUT2D eigenvalue weighted by molar-refractivity contribution is 9.10. The first-order chi connectivity index (χ1) is 9.59. The van der Waals surface area contributed by atoms with Crippen LogP contribution in [0.3, 0.4) is 0 Å². The average Bonchev–Trinajstić information content (AvgIpc) is 2.38. The molecule has 1 aromatic carbocycles. The second-order valence-electron chi connectivity index (χ2n) is 5.79. The van der Waals surface area contributed by atoms with Crippen molar-refractivity contribution < 1.29 is 8.78 Å². The molecule has 1 aromatic rings. The van der Waals surface area contributed by atoms with Crippen LogP contribution in [-0.4, -0.2) is 6.04 Å². The minimum absolute atomic E-state index is 0.119. The summed E-state index contributed by atoms with van der Waals surface area (Å²) in [7, 11) is 0. The zero-order valence-electron chi connectivity index (χ0n) is 11.7. The lowest BCUT2D eigenvalue weighted by Gasteiger charge is -2.26. The first kappa shape index (κ1) is 15.9. The molecular weight excluding hydrogens is 324 g/mol. The van der Waals surface area contributed by atoms with Gasteiger partial charge >= 0.3 is 0 Å². The Kier molecular flexibility index (Phi) is 5.97. The number of halogens is 3. The molecule has 0 heterocycles. The standard InChI is InChI=1S/C16H22BrF2N/c17-13-8-9-14(18)12(16(13)19)10-15(20)11-6-4-2-1-3-5-7-11/h8-9,11,15H,1-7,10,20H2. The second kappa shape index (κ2) is 7.51. The SMILES string of the molecule is NC(Cc1c(F)ccc(Br)c1F)C1CCCCCCC1. The molecule has 1 saturated carbocycles. The molecule has 1 nitrogen and oxygen atoms in total. The summed E-state index contributed by atoms with van der Waals surface area (Å²) in [5, 5.41) is 0. The average molecular weight is 346 g/mol. The van der Waals surface area contributed by atoms with Gasteiger partial charge in [0.2, 0.25) is 0 Å². The summed E-state index contributed by atoms with van der Waals surface area (Å²) in [4.78, 5) is 0. The number of hydrogen-bond donors (Lipinski definition) is 1. The molecule has 0 spiro atoms. The molecule has 1 unspecified atom stereocenters. The van der Waals surface area contributed by atoms with Crippen molar-refractivity contribution in [3.63, 3.8) is 0 Å². The maximum Gasteiger partial charge on any atom is 0.143 e. The van der Waals surface area contributed by atoms with E-state index in [-0.39, 0.29) is 18.0 Å². The van der Waals surface area contributed by atoms with Crippen LogP contribution >= 0.6 is 15.9 Å². The van der Waals surface area contributed by atoms with E-state index in [9.17, 15) is 8.78 Å². The van der Waals surface area contributed by atoms with Gasteiger partial charge in [-0.25, -0.2) is 8.78 Å². The number of rotatable bonds is 3. The molecular formula is C16H22BrF2N. The van der Waals surface area contributed by atoms with Gasteiger partial charge in [-0.05, 0) is 53.2 Å². The lowest BCUT2D eigenvalue weighted by Crippen LogP contribution is -2.33. The zero-order valence-corrected chi connectivity index (χ0v) is 13.3. The third-order valence-corrected chi connectivity index (χ3v) is 4.95. The monoisotopic (exact) mass is 345 g/mol. The van der Waals surface area contributed by atoms with Crippen molar-refractivity contribution in [3.05, 3.63) is 33.8 Å². The van der Waals surface area contributed by atoms with Gasteiger partial charge in [0.15, 0.2) is 0 Å². The Bertz CT molecular complexity index is 442. The normalized spacial score (nSPS) is 19.4. The smallest absolute Gasteiger partial charge is 0.143 e. The maximum atomic E-state index is 14.0. The fraction of sp³-hybridized carbons (Fsp3) is 0.625. The Morgan fingerprint density at radius 2 is 1.70 bits per heavy atom. The summed E-state index contributed by atoms with van der Waals surface area (Å²) in [6.45, 7) is 0. The van der Waals surface area contributed by atoms with Gasteiger partial charge in [-0.3, -0.25) is 0 Å². The lowest BCUT2D eigenvalue weighted by molar-refractivity contribution is 0.318. The Balaban J connectivity index is 2.06. The van der Waals surface area contributed by atoms with Gasteiger partial charge in [0.25, 0.3) is 0 Å². The molecule has 1 fully saturated rings. The predicted molar refractivity (Wildman–Crippen MR) is 81.5 cm³/mol. The molecule has 112 valence electrons. The van der Waals surface area contributed by atoms with Crippen molar-refractivity contribution in [2.45, 2.75) is 57.4 Å². The number of nitrogens with two attached hydrogens (primary N) is 1. The highest BCUT2D eigenvalue weighted by atomic mass is 79.9. The van der Waals surface area contributed by atoms with Gasteiger partial charge < -0.3 is 5.73 Å². The van der Waals surface area contributed by atoms with Crippen LogP contribution in [0.15, 0.2) is 16.6 Å². The van der Waals surface area contributed by atoms with Crippen molar-refractivity contribution in [2.75, 3.05) is 0 Å². The topological polar surface area (TPSA) is 26.0 Å². The van der Waals surface area contributed by atoms with Gasteiger partial charge in [0.1, 0.15) is 11.6 Å². The molecule has 0 amide bonds. The second-order valence-corrected chi connectivity index (χ2v) is 6.65. The van der Waals surface area contributed by atoms with Gasteiger partial charge in [-0.15, -0.1) is 0 Å². The minimum Gasteiger partial charge on any atom is -0.327 e. The molecule has 1 aliphatic rings. The maximum absolute atomic E-state index is 14.0. The van der Waals surface area contributed by atoms with Crippen molar-refractivity contribution >= 4 is 15.9 Å². The van der Waals surface area contributed by atoms with Crippen LogP contribution in [-0.2, 0) is 6.42 Å². The third kappa shape index (κ3) is 4.01. The Labute approximate surface area is 128 Å². The van der Waals surface area contributed by atoms with Gasteiger partial charge in [0.05, 0.1) is 4.47 Å². The first-order valence-electron chi connectivity index (χ1n) is 7.47. The van der Waals surface area contributed by atoms with Crippen molar-refractivity contribution in [1.29, 1.82) is 0 Å². The lowest BCUT2D eigenvalue weighted by atomic mass is 9.83. The molecule has 0 radical (unpaired) electrons. The molecule has 20 heavy (non-hydrogen) atoms. The van der Waals surface area contributed by atoms with Crippen LogP contribution in [0.1, 0.15) is 50.5 Å². The third-order valence-electron chi connectivity index (χ3n) is 4.33. The number of benzene rings is 1. The van der Waals surface area contributed by atoms with E-state index in [4.69, 9.17) is 5.73 Å². The van der Waals surface area contributed by atoms with E-state index in [1.165, 1.54) is 44.2 Å². The molecule has 0 saturated heterocycles. The van der Waals surface area contributed by atoms with Gasteiger partial charge in [0, 0.05) is 11.6 Å². The van der Waals surface area contributed by atoms with E-state index in [2.05, 4.69) is 15.9 Å². The Morgan fingerprint density at radius 3 is 2.35 bits per heavy atom. The van der Waals surface area contributed by atoms with Crippen LogP contribution in [0.2, 0.25) is 0 Å². The van der Waals surface area contributed by atoms with Crippen LogP contribution in [0, 0.1) is 17.6 Å². The van der Waals surface area contributed by atoms with Gasteiger partial charge in [-0.2, -0.15) is 0 Å². The first-order valence-corrected chi connectivity index (χ1v) is 8.27. The van der Waals surface area contributed by atoms with Crippen molar-refractivity contribution in [3.8, 4) is 0 Å². The molecule has 4 heteroatoms. The van der Waals surface area contributed by atoms with E-state index in [0.29, 0.717) is 10.4 Å². The molecule has 0 aliphatic heterocycles. The van der Waals surface area contributed by atoms with Crippen molar-refractivity contribution in [1.82, 2.24) is 0 Å². The van der Waals surface area contributed by atoms with Crippen LogP contribution in [0.4, 0.5) is 8.78 Å². The molecule has 2 N–H and O–H groups in total. The number of hydrogen-bond acceptors (Lipinski definition) is 1. The minimum atomic E-state index is -0.508. The fourth-order valence-corrected chi connectivity index (χ4v) is 3.45. The molecule has 0 bridgehead atoms. The van der Waals surface area contributed by atoms with Crippen molar-refractivity contribution in [2.24, 2.45) is 11.7 Å². The summed E-state index contributed by atoms with van der Waals surface area (Å²) in [6.07, 6.45) is 8.62. The molecule has 1 atom stereocenters. The van der Waals surface area contributed by atoms with Crippen LogP contribution < -0.4 is 5.73 Å². The summed E-state index contributed by atoms with van der Waals surface area (Å²) in [5.74, 6) is -0.619. The van der Waals surface area contributed by atoms with Crippen LogP contribution in [0.25, 0.3) is 0 Å². The molecule has 0 aromatic heterocycles. The zero-order chi connectivity index (χ0) is 14.5. The highest BCUT2D eigenvalue weighted by Gasteiger charge is 2.22. The van der Waals surface area contributed by atoms with E-state index >= 15 is 0 Å². The van der Waals surface area contributed by atoms with E-state index in [1.54, 1.807) is 0 Å². The Morgan fingerprint density at radius 1 is 1.10 bits per heavy atom. The summed E-state index contributed by atoms with van der Waals surface area (Å²) < 4.78 is 28.1. The van der Waals surface area contributed by atoms with Gasteiger partial charge in [-0.1, -0.05) is 32.1 Å². The van der Waals surface area contributed by atoms with E-state index in [0.717, 1.165) is 12.8 Å². The molecule has 2 rings (SSSR count). The largest absolute Gasteiger partial charge is 0.327 e. The fourth-order valence-electron chi connectivity index (χ4n) is 3.07. The summed E-state index contributed by atoms with van der Waals surface area (Å²) >= 11 is 3.11. The summed E-state index contributed by atoms with van der Waals surface area (Å²) in [6, 6.07) is 2.54. The predicted octanol–water partition coefficient (Wildman–Crippen LogP) is 4.96. The Hall–Kier alpha value is -0.480. The highest BCUT2D eigenvalue weighted by Crippen LogP contribution is 2.28. The molecule has 1 aliphatic carbocycles. The quantitative estimate of drug-likeness (QED) is 0.770.